The molecule has 0 spiro atoms. The Bertz CT molecular complexity index is 1680. The lowest BCUT2D eigenvalue weighted by Crippen LogP contribution is -2.53. The topological polar surface area (TPSA) is 192 Å². The standard InChI is InChI=1S/C33H39N7O8/c1-47-23-7-2-4-18(8-23)14-38-15-20-10-26(38)33(46)39-16-21(40-17-24(36-37-40)19-5-3-6-22(41)9-19)11-25(39)32(45)34-13-28-31(44)30(43)27(48-28)12-29(42)35-20/h2-9,17,20-21,25-28,30-31,41,43-44H,10-16H2,1H3,(H,34,45)(H,35,42)/t20-,21+,25+,26+,27+,28-,30+,31-/m1/s1. The van der Waals surface area contributed by atoms with Gasteiger partial charge in [0.05, 0.1) is 37.9 Å². The first-order chi connectivity index (χ1) is 23.2. The molecular weight excluding hydrogens is 622 g/mol. The fourth-order valence-electron chi connectivity index (χ4n) is 7.34. The number of carbonyl (C=O) groups excluding carboxylic acids is 3. The van der Waals surface area contributed by atoms with E-state index in [4.69, 9.17) is 9.47 Å². The number of amides is 3. The molecule has 0 radical (unpaired) electrons. The molecule has 0 aliphatic carbocycles. The summed E-state index contributed by atoms with van der Waals surface area (Å²) in [5.74, 6) is -0.255. The number of rotatable bonds is 5. The van der Waals surface area contributed by atoms with Crippen molar-refractivity contribution in [3.05, 3.63) is 60.3 Å². The van der Waals surface area contributed by atoms with Gasteiger partial charge in [-0.15, -0.1) is 5.10 Å². The first-order valence-electron chi connectivity index (χ1n) is 16.1. The number of benzene rings is 2. The van der Waals surface area contributed by atoms with E-state index in [2.05, 4.69) is 20.9 Å². The first kappa shape index (κ1) is 32.0. The van der Waals surface area contributed by atoms with Crippen LogP contribution < -0.4 is 15.4 Å². The van der Waals surface area contributed by atoms with Crippen molar-refractivity contribution in [3.8, 4) is 22.8 Å². The van der Waals surface area contributed by atoms with Crippen molar-refractivity contribution in [2.45, 2.75) is 74.4 Å². The SMILES string of the molecule is COc1cccc(CN2C[C@H]3C[C@H]2C(=O)N2C[C@@H](n4cc(-c5cccc(O)c5)nn4)C[C@H]2C(=O)NC[C@H]2O[C@@H](CC(=O)N3)[C@H](O)[C@@H]2O)c1. The van der Waals surface area contributed by atoms with Crippen LogP contribution in [0, 0.1) is 0 Å². The lowest BCUT2D eigenvalue weighted by molar-refractivity contribution is -0.142. The Morgan fingerprint density at radius 1 is 1.00 bits per heavy atom. The van der Waals surface area contributed by atoms with Gasteiger partial charge in [-0.2, -0.15) is 0 Å². The molecule has 4 fully saturated rings. The number of aliphatic hydroxyl groups excluding tert-OH is 2. The summed E-state index contributed by atoms with van der Waals surface area (Å²) in [5.41, 5.74) is 2.13. The maximum absolute atomic E-state index is 14.5. The van der Waals surface area contributed by atoms with Gasteiger partial charge < -0.3 is 40.3 Å². The Morgan fingerprint density at radius 3 is 2.62 bits per heavy atom. The van der Waals surface area contributed by atoms with E-state index in [1.807, 2.05) is 29.2 Å². The van der Waals surface area contributed by atoms with Gasteiger partial charge in [0.15, 0.2) is 0 Å². The number of ether oxygens (including phenoxy) is 2. The van der Waals surface area contributed by atoms with Gasteiger partial charge in [0.1, 0.15) is 41.5 Å². The van der Waals surface area contributed by atoms with Gasteiger partial charge in [0, 0.05) is 44.2 Å². The summed E-state index contributed by atoms with van der Waals surface area (Å²) in [5, 5.41) is 45.7. The van der Waals surface area contributed by atoms with E-state index < -0.39 is 42.4 Å². The molecule has 15 nitrogen and oxygen atoms in total. The Hall–Kier alpha value is -4.57. The molecule has 7 rings (SSSR count). The molecule has 2 aromatic carbocycles. The minimum atomic E-state index is -1.30. The maximum Gasteiger partial charge on any atom is 0.242 e. The number of aromatic nitrogens is 3. The third-order valence-corrected chi connectivity index (χ3v) is 9.79. The fourth-order valence-corrected chi connectivity index (χ4v) is 7.34. The molecule has 4 aliphatic heterocycles. The van der Waals surface area contributed by atoms with Crippen LogP contribution >= 0.6 is 0 Å². The van der Waals surface area contributed by atoms with Crippen molar-refractivity contribution >= 4 is 17.7 Å². The zero-order chi connectivity index (χ0) is 33.5. The maximum atomic E-state index is 14.5. The van der Waals surface area contributed by atoms with Crippen LogP contribution in [0.2, 0.25) is 0 Å². The third-order valence-electron chi connectivity index (χ3n) is 9.79. The number of aromatic hydroxyl groups is 1. The zero-order valence-electron chi connectivity index (χ0n) is 26.4. The van der Waals surface area contributed by atoms with Gasteiger partial charge in [-0.05, 0) is 36.2 Å². The first-order valence-corrected chi connectivity index (χ1v) is 16.1. The number of phenolic OH excluding ortho intramolecular Hbond substituents is 1. The quantitative estimate of drug-likeness (QED) is 0.238. The van der Waals surface area contributed by atoms with Crippen molar-refractivity contribution in [1.82, 2.24) is 35.4 Å². The van der Waals surface area contributed by atoms with Crippen molar-refractivity contribution in [1.29, 1.82) is 0 Å². The number of fused-ring (bicyclic) bond motifs is 5. The molecule has 3 amide bonds. The highest BCUT2D eigenvalue weighted by Crippen LogP contribution is 2.33. The Balaban J connectivity index is 1.19. The van der Waals surface area contributed by atoms with Crippen LogP contribution in [-0.4, -0.2) is 127 Å². The molecule has 48 heavy (non-hydrogen) atoms. The van der Waals surface area contributed by atoms with Crippen LogP contribution in [0.25, 0.3) is 11.3 Å². The van der Waals surface area contributed by atoms with Crippen LogP contribution in [-0.2, 0) is 25.7 Å². The fraction of sp³-hybridized carbons (Fsp3) is 0.485. The average Bonchev–Trinajstić information content (AvgIpc) is 3.87. The summed E-state index contributed by atoms with van der Waals surface area (Å²) in [6.45, 7) is 0.854. The molecule has 8 atom stereocenters. The van der Waals surface area contributed by atoms with Crippen LogP contribution in [0.1, 0.15) is 30.9 Å². The number of aliphatic hydroxyl groups is 2. The van der Waals surface area contributed by atoms with Crippen molar-refractivity contribution in [3.63, 3.8) is 0 Å². The van der Waals surface area contributed by atoms with E-state index in [0.29, 0.717) is 36.5 Å². The van der Waals surface area contributed by atoms with Crippen LogP contribution in [0.3, 0.4) is 0 Å². The van der Waals surface area contributed by atoms with E-state index in [0.717, 1.165) is 5.56 Å². The molecule has 5 heterocycles. The molecule has 3 aromatic rings. The van der Waals surface area contributed by atoms with Crippen molar-refractivity contribution in [2.24, 2.45) is 0 Å². The van der Waals surface area contributed by atoms with Crippen LogP contribution in [0.5, 0.6) is 11.5 Å². The molecule has 1 aromatic heterocycles. The number of likely N-dealkylation sites (tertiary alicyclic amines) is 1. The second-order valence-corrected chi connectivity index (χ2v) is 13.0. The van der Waals surface area contributed by atoms with Crippen molar-refractivity contribution in [2.75, 3.05) is 26.7 Å². The number of nitrogens with zero attached hydrogens (tertiary/aromatic N) is 5. The molecule has 254 valence electrons. The minimum Gasteiger partial charge on any atom is -0.508 e. The largest absolute Gasteiger partial charge is 0.508 e. The smallest absolute Gasteiger partial charge is 0.242 e. The number of nitrogens with one attached hydrogen (secondary N) is 2. The average molecular weight is 662 g/mol. The summed E-state index contributed by atoms with van der Waals surface area (Å²) in [4.78, 5) is 45.0. The summed E-state index contributed by atoms with van der Waals surface area (Å²) in [7, 11) is 1.59. The second-order valence-electron chi connectivity index (χ2n) is 13.0. The number of hydrogen-bond donors (Lipinski definition) is 5. The molecule has 0 unspecified atom stereocenters. The number of phenols is 1. The van der Waals surface area contributed by atoms with E-state index >= 15 is 0 Å². The third kappa shape index (κ3) is 6.33. The monoisotopic (exact) mass is 661 g/mol. The second kappa shape index (κ2) is 13.1. The molecule has 5 N–H and O–H groups in total. The van der Waals surface area contributed by atoms with Gasteiger partial charge in [0.25, 0.3) is 0 Å². The highest BCUT2D eigenvalue weighted by atomic mass is 16.5. The van der Waals surface area contributed by atoms with Gasteiger partial charge in [-0.1, -0.05) is 29.5 Å². The molecule has 4 saturated heterocycles. The van der Waals surface area contributed by atoms with Crippen LogP contribution in [0.15, 0.2) is 54.7 Å². The number of hydrogen-bond acceptors (Lipinski definition) is 11. The van der Waals surface area contributed by atoms with Crippen molar-refractivity contribution < 1.29 is 39.2 Å². The molecule has 4 aliphatic rings. The summed E-state index contributed by atoms with van der Waals surface area (Å²) in [6, 6.07) is 11.9. The van der Waals surface area contributed by atoms with E-state index in [1.54, 1.807) is 47.2 Å². The molecule has 4 bridgehead atoms. The molecular formula is C33H39N7O8. The summed E-state index contributed by atoms with van der Waals surface area (Å²) < 4.78 is 12.9. The van der Waals surface area contributed by atoms with Gasteiger partial charge in [0.2, 0.25) is 17.7 Å². The highest BCUT2D eigenvalue weighted by Gasteiger charge is 2.49. The lowest BCUT2D eigenvalue weighted by Gasteiger charge is -2.31. The Labute approximate surface area is 276 Å². The number of methoxy groups -OCH3 is 1. The predicted molar refractivity (Wildman–Crippen MR) is 168 cm³/mol. The summed E-state index contributed by atoms with van der Waals surface area (Å²) in [6.07, 6.45) is -2.35. The summed E-state index contributed by atoms with van der Waals surface area (Å²) >= 11 is 0. The Morgan fingerprint density at radius 2 is 1.81 bits per heavy atom. The van der Waals surface area contributed by atoms with Gasteiger partial charge in [-0.25, -0.2) is 4.68 Å². The predicted octanol–water partition coefficient (Wildman–Crippen LogP) is -0.430. The highest BCUT2D eigenvalue weighted by molar-refractivity contribution is 5.91. The molecule has 15 heteroatoms. The van der Waals surface area contributed by atoms with Gasteiger partial charge >= 0.3 is 0 Å². The van der Waals surface area contributed by atoms with E-state index in [1.165, 1.54) is 0 Å². The lowest BCUT2D eigenvalue weighted by atomic mass is 10.0. The minimum absolute atomic E-state index is 0.0934. The van der Waals surface area contributed by atoms with Crippen LogP contribution in [0.4, 0.5) is 0 Å². The Kier molecular flexibility index (Phi) is 8.76. The van der Waals surface area contributed by atoms with E-state index in [9.17, 15) is 29.7 Å². The molecule has 0 saturated carbocycles. The zero-order valence-corrected chi connectivity index (χ0v) is 26.4. The normalized spacial score (nSPS) is 31.1. The van der Waals surface area contributed by atoms with Gasteiger partial charge in [-0.3, -0.25) is 19.3 Å². The number of carbonyl (C=O) groups is 3. The van der Waals surface area contributed by atoms with E-state index in [-0.39, 0.29) is 55.6 Å².